The summed E-state index contributed by atoms with van der Waals surface area (Å²) in [5, 5.41) is 2.57. The topological polar surface area (TPSA) is 101 Å². The highest BCUT2D eigenvalue weighted by molar-refractivity contribution is 7.90. The Morgan fingerprint density at radius 2 is 1.65 bits per heavy atom. The van der Waals surface area contributed by atoms with E-state index < -0.39 is 14.8 Å². The van der Waals surface area contributed by atoms with Crippen molar-refractivity contribution in [2.75, 3.05) is 19.6 Å². The molecule has 4 N–H and O–H groups in total. The van der Waals surface area contributed by atoms with E-state index in [4.69, 9.17) is 5.73 Å². The van der Waals surface area contributed by atoms with Crippen LogP contribution >= 0.6 is 0 Å². The van der Waals surface area contributed by atoms with Crippen LogP contribution in [0.1, 0.15) is 72.1 Å². The van der Waals surface area contributed by atoms with Gasteiger partial charge < -0.3 is 11.1 Å². The Morgan fingerprint density at radius 1 is 1.04 bits per heavy atom. The highest BCUT2D eigenvalue weighted by atomic mass is 32.2. The van der Waals surface area contributed by atoms with Gasteiger partial charge in [-0.2, -0.15) is 0 Å². The summed E-state index contributed by atoms with van der Waals surface area (Å²) in [4.78, 5) is 11.6. The van der Waals surface area contributed by atoms with Crippen LogP contribution in [0.4, 0.5) is 0 Å². The summed E-state index contributed by atoms with van der Waals surface area (Å²) in [5.74, 6) is -0.345. The van der Waals surface area contributed by atoms with Crippen LogP contribution in [0, 0.1) is 0 Å². The van der Waals surface area contributed by atoms with E-state index in [0.29, 0.717) is 25.9 Å². The van der Waals surface area contributed by atoms with E-state index in [9.17, 15) is 13.2 Å². The molecule has 0 aromatic rings. The van der Waals surface area contributed by atoms with Crippen LogP contribution in [-0.2, 0) is 14.8 Å². The molecule has 7 heteroatoms. The fourth-order valence-corrected chi connectivity index (χ4v) is 3.97. The Hall–Kier alpha value is -0.660. The summed E-state index contributed by atoms with van der Waals surface area (Å²) >= 11 is 0. The van der Waals surface area contributed by atoms with Gasteiger partial charge in [0.15, 0.2) is 0 Å². The molecule has 1 amide bonds. The predicted molar refractivity (Wildman–Crippen MR) is 95.7 cm³/mol. The molecule has 0 aliphatic rings. The van der Waals surface area contributed by atoms with Gasteiger partial charge in [-0.25, -0.2) is 13.1 Å². The van der Waals surface area contributed by atoms with Crippen LogP contribution in [0.2, 0.25) is 0 Å². The zero-order valence-electron chi connectivity index (χ0n) is 15.0. The largest absolute Gasteiger partial charge is 0.354 e. The Kier molecular flexibility index (Phi) is 11.5. The minimum atomic E-state index is -3.54. The second kappa shape index (κ2) is 11.8. The number of amides is 1. The maximum Gasteiger partial charge on any atom is 0.235 e. The lowest BCUT2D eigenvalue weighted by atomic mass is 9.96. The second-order valence-corrected chi connectivity index (χ2v) is 8.61. The fraction of sp³-hybridized carbons (Fsp3) is 0.938. The number of unbranched alkanes of at least 4 members (excludes halogenated alkanes) is 4. The standard InChI is InChI=1S/C16H35N3O3S/c1-4-6-8-9-11-16(3,10-7-5-2)23(21,22)19-14-15(20)18-13-12-17/h19H,4-14,17H2,1-3H3,(H,18,20). The van der Waals surface area contributed by atoms with Gasteiger partial charge in [0, 0.05) is 13.1 Å². The number of rotatable bonds is 14. The van der Waals surface area contributed by atoms with Crippen LogP contribution in [0.3, 0.4) is 0 Å². The first-order chi connectivity index (χ1) is 10.8. The zero-order chi connectivity index (χ0) is 17.8. The number of hydrogen-bond donors (Lipinski definition) is 3. The third-order valence-electron chi connectivity index (χ3n) is 4.16. The van der Waals surface area contributed by atoms with Crippen molar-refractivity contribution in [2.24, 2.45) is 5.73 Å². The van der Waals surface area contributed by atoms with Crippen molar-refractivity contribution in [3.8, 4) is 0 Å². The first kappa shape index (κ1) is 22.3. The molecule has 23 heavy (non-hydrogen) atoms. The zero-order valence-corrected chi connectivity index (χ0v) is 15.8. The van der Waals surface area contributed by atoms with Crippen LogP contribution in [-0.4, -0.2) is 38.7 Å². The molecular formula is C16H35N3O3S. The van der Waals surface area contributed by atoms with Gasteiger partial charge in [0.25, 0.3) is 0 Å². The Bertz CT molecular complexity index is 426. The van der Waals surface area contributed by atoms with Crippen molar-refractivity contribution < 1.29 is 13.2 Å². The highest BCUT2D eigenvalue weighted by Gasteiger charge is 2.37. The average Bonchev–Trinajstić information content (AvgIpc) is 2.53. The van der Waals surface area contributed by atoms with E-state index in [2.05, 4.69) is 23.9 Å². The number of nitrogens with one attached hydrogen (secondary N) is 2. The van der Waals surface area contributed by atoms with Crippen LogP contribution < -0.4 is 15.8 Å². The van der Waals surface area contributed by atoms with Crippen molar-refractivity contribution in [3.05, 3.63) is 0 Å². The van der Waals surface area contributed by atoms with Crippen LogP contribution in [0.25, 0.3) is 0 Å². The van der Waals surface area contributed by atoms with Crippen LogP contribution in [0.15, 0.2) is 0 Å². The maximum absolute atomic E-state index is 12.7. The number of sulfonamides is 1. The SMILES string of the molecule is CCCCCCC(C)(CCCC)S(=O)(=O)NCC(=O)NCCN. The predicted octanol–water partition coefficient (Wildman–Crippen LogP) is 1.90. The van der Waals surface area contributed by atoms with Crippen molar-refractivity contribution in [1.82, 2.24) is 10.0 Å². The van der Waals surface area contributed by atoms with Gasteiger partial charge in [-0.05, 0) is 19.8 Å². The summed E-state index contributed by atoms with van der Waals surface area (Å²) in [6.45, 7) is 6.45. The molecule has 6 nitrogen and oxygen atoms in total. The molecule has 0 aromatic carbocycles. The van der Waals surface area contributed by atoms with Crippen molar-refractivity contribution in [1.29, 1.82) is 0 Å². The summed E-state index contributed by atoms with van der Waals surface area (Å²) in [7, 11) is -3.54. The van der Waals surface area contributed by atoms with Gasteiger partial charge in [-0.15, -0.1) is 0 Å². The molecule has 0 spiro atoms. The molecule has 1 unspecified atom stereocenters. The molecule has 0 radical (unpaired) electrons. The van der Waals surface area contributed by atoms with E-state index in [-0.39, 0.29) is 12.5 Å². The highest BCUT2D eigenvalue weighted by Crippen LogP contribution is 2.29. The monoisotopic (exact) mass is 349 g/mol. The molecule has 0 aliphatic carbocycles. The van der Waals surface area contributed by atoms with E-state index in [0.717, 1.165) is 38.5 Å². The molecule has 138 valence electrons. The van der Waals surface area contributed by atoms with Crippen molar-refractivity contribution >= 4 is 15.9 Å². The number of carbonyl (C=O) groups is 1. The molecule has 0 fully saturated rings. The molecule has 0 bridgehead atoms. The molecule has 0 aromatic heterocycles. The summed E-state index contributed by atoms with van der Waals surface area (Å²) in [6.07, 6.45) is 7.26. The quantitative estimate of drug-likeness (QED) is 0.417. The van der Waals surface area contributed by atoms with Gasteiger partial charge in [0.05, 0.1) is 11.3 Å². The maximum atomic E-state index is 12.7. The Morgan fingerprint density at radius 3 is 2.22 bits per heavy atom. The van der Waals surface area contributed by atoms with Gasteiger partial charge in [0.1, 0.15) is 0 Å². The van der Waals surface area contributed by atoms with Crippen molar-refractivity contribution in [2.45, 2.75) is 76.9 Å². The Labute approximate surface area is 142 Å². The summed E-state index contributed by atoms with van der Waals surface area (Å²) in [6, 6.07) is 0. The van der Waals surface area contributed by atoms with E-state index in [1.54, 1.807) is 6.92 Å². The van der Waals surface area contributed by atoms with E-state index in [1.807, 2.05) is 0 Å². The molecule has 0 heterocycles. The third kappa shape index (κ3) is 8.67. The number of hydrogen-bond acceptors (Lipinski definition) is 4. The third-order valence-corrected chi connectivity index (χ3v) is 6.39. The minimum absolute atomic E-state index is 0.223. The first-order valence-corrected chi connectivity index (χ1v) is 10.3. The number of nitrogens with two attached hydrogens (primary N) is 1. The minimum Gasteiger partial charge on any atom is -0.354 e. The van der Waals surface area contributed by atoms with E-state index >= 15 is 0 Å². The van der Waals surface area contributed by atoms with Crippen LogP contribution in [0.5, 0.6) is 0 Å². The van der Waals surface area contributed by atoms with Crippen molar-refractivity contribution in [3.63, 3.8) is 0 Å². The van der Waals surface area contributed by atoms with E-state index in [1.165, 1.54) is 0 Å². The lowest BCUT2D eigenvalue weighted by Crippen LogP contribution is -2.47. The lowest BCUT2D eigenvalue weighted by Gasteiger charge is -2.29. The molecular weight excluding hydrogens is 314 g/mol. The average molecular weight is 350 g/mol. The summed E-state index contributed by atoms with van der Waals surface area (Å²) < 4.78 is 27.0. The summed E-state index contributed by atoms with van der Waals surface area (Å²) in [5.41, 5.74) is 5.31. The van der Waals surface area contributed by atoms with Gasteiger partial charge in [-0.1, -0.05) is 52.4 Å². The molecule has 0 saturated heterocycles. The molecule has 0 rings (SSSR count). The van der Waals surface area contributed by atoms with Gasteiger partial charge in [-0.3, -0.25) is 4.79 Å². The fourth-order valence-electron chi connectivity index (χ4n) is 2.48. The second-order valence-electron chi connectivity index (χ2n) is 6.33. The first-order valence-electron chi connectivity index (χ1n) is 8.79. The number of carbonyl (C=O) groups excluding carboxylic acids is 1. The van der Waals surface area contributed by atoms with Gasteiger partial charge >= 0.3 is 0 Å². The molecule has 0 aliphatic heterocycles. The van der Waals surface area contributed by atoms with Gasteiger partial charge in [0.2, 0.25) is 15.9 Å². The normalized spacial score (nSPS) is 14.4. The molecule has 1 atom stereocenters. The lowest BCUT2D eigenvalue weighted by molar-refractivity contribution is -0.119. The smallest absolute Gasteiger partial charge is 0.235 e. The molecule has 0 saturated carbocycles. The Balaban J connectivity index is 4.72.